The van der Waals surface area contributed by atoms with Crippen molar-refractivity contribution in [1.82, 2.24) is 5.43 Å². The van der Waals surface area contributed by atoms with E-state index in [-0.39, 0.29) is 22.8 Å². The highest BCUT2D eigenvalue weighted by molar-refractivity contribution is 6.30. The molecule has 0 saturated carbocycles. The molecule has 0 heterocycles. The lowest BCUT2D eigenvalue weighted by atomic mass is 10.2. The predicted molar refractivity (Wildman–Crippen MR) is 82.8 cm³/mol. The largest absolute Gasteiger partial charge is 0.507 e. The van der Waals surface area contributed by atoms with Gasteiger partial charge in [-0.05, 0) is 36.4 Å². The average Bonchev–Trinajstić information content (AvgIpc) is 2.50. The van der Waals surface area contributed by atoms with Gasteiger partial charge in [-0.3, -0.25) is 4.79 Å². The summed E-state index contributed by atoms with van der Waals surface area (Å²) < 4.78 is 4.89. The van der Waals surface area contributed by atoms with Gasteiger partial charge in [0.05, 0.1) is 13.3 Å². The van der Waals surface area contributed by atoms with Crippen molar-refractivity contribution in [2.24, 2.45) is 5.10 Å². The second-order valence-corrected chi connectivity index (χ2v) is 4.73. The topological polar surface area (TPSA) is 91.2 Å². The minimum absolute atomic E-state index is 0.00973. The third-order valence-electron chi connectivity index (χ3n) is 2.80. The lowest BCUT2D eigenvalue weighted by Gasteiger charge is -2.05. The Morgan fingerprint density at radius 2 is 2.00 bits per heavy atom. The lowest BCUT2D eigenvalue weighted by molar-refractivity contribution is 0.0954. The van der Waals surface area contributed by atoms with Crippen LogP contribution in [-0.4, -0.2) is 29.4 Å². The van der Waals surface area contributed by atoms with Gasteiger partial charge < -0.3 is 14.9 Å². The van der Waals surface area contributed by atoms with E-state index in [0.29, 0.717) is 10.6 Å². The zero-order chi connectivity index (χ0) is 16.1. The number of aromatic hydroxyl groups is 2. The molecule has 0 saturated heterocycles. The van der Waals surface area contributed by atoms with E-state index >= 15 is 0 Å². The summed E-state index contributed by atoms with van der Waals surface area (Å²) in [5, 5.41) is 23.4. The molecule has 0 aromatic heterocycles. The molecule has 1 amide bonds. The number of rotatable bonds is 4. The van der Waals surface area contributed by atoms with Gasteiger partial charge in [-0.2, -0.15) is 5.10 Å². The molecular formula is C15H13ClN2O4. The van der Waals surface area contributed by atoms with Crippen LogP contribution >= 0.6 is 11.6 Å². The van der Waals surface area contributed by atoms with Crippen LogP contribution < -0.4 is 10.2 Å². The molecule has 2 aromatic rings. The first-order valence-corrected chi connectivity index (χ1v) is 6.58. The second kappa shape index (κ2) is 6.82. The predicted octanol–water partition coefficient (Wildman–Crippen LogP) is 2.52. The Balaban J connectivity index is 2.08. The number of nitrogens with one attached hydrogen (secondary N) is 1. The first-order valence-electron chi connectivity index (χ1n) is 6.20. The number of halogens is 1. The molecule has 0 radical (unpaired) electrons. The maximum atomic E-state index is 11.9. The molecule has 0 spiro atoms. The zero-order valence-electron chi connectivity index (χ0n) is 11.6. The third-order valence-corrected chi connectivity index (χ3v) is 3.04. The number of nitrogens with zero attached hydrogens (tertiary/aromatic N) is 1. The first kappa shape index (κ1) is 15.7. The van der Waals surface area contributed by atoms with Crippen molar-refractivity contribution in [2.75, 3.05) is 7.11 Å². The highest BCUT2D eigenvalue weighted by Crippen LogP contribution is 2.26. The van der Waals surface area contributed by atoms with Gasteiger partial charge in [-0.1, -0.05) is 11.6 Å². The number of hydrazone groups is 1. The van der Waals surface area contributed by atoms with Crippen LogP contribution in [-0.2, 0) is 0 Å². The summed E-state index contributed by atoms with van der Waals surface area (Å²) in [6.45, 7) is 0. The Morgan fingerprint density at radius 1 is 1.23 bits per heavy atom. The molecule has 0 atom stereocenters. The molecule has 0 aliphatic heterocycles. The van der Waals surface area contributed by atoms with Crippen LogP contribution in [0, 0.1) is 0 Å². The van der Waals surface area contributed by atoms with Crippen LogP contribution in [0.3, 0.4) is 0 Å². The molecule has 2 aromatic carbocycles. The molecule has 6 nitrogen and oxygen atoms in total. The fourth-order valence-electron chi connectivity index (χ4n) is 1.69. The Kier molecular flexibility index (Phi) is 4.85. The highest BCUT2D eigenvalue weighted by Gasteiger charge is 2.08. The summed E-state index contributed by atoms with van der Waals surface area (Å²) in [5.74, 6) is -0.407. The van der Waals surface area contributed by atoms with Gasteiger partial charge in [-0.15, -0.1) is 0 Å². The average molecular weight is 321 g/mol. The number of phenolic OH excluding ortho intramolecular Hbond substituents is 2. The SMILES string of the molecule is COc1ccc(C(=O)N/N=C/c2cc(Cl)ccc2O)cc1O. The normalized spacial score (nSPS) is 10.6. The van der Waals surface area contributed by atoms with E-state index in [1.54, 1.807) is 0 Å². The van der Waals surface area contributed by atoms with Crippen LogP contribution in [0.5, 0.6) is 17.2 Å². The minimum atomic E-state index is -0.518. The third kappa shape index (κ3) is 3.67. The Labute approximate surface area is 131 Å². The summed E-state index contributed by atoms with van der Waals surface area (Å²) in [6, 6.07) is 8.68. The van der Waals surface area contributed by atoms with Crippen molar-refractivity contribution >= 4 is 23.7 Å². The smallest absolute Gasteiger partial charge is 0.271 e. The van der Waals surface area contributed by atoms with E-state index < -0.39 is 5.91 Å². The van der Waals surface area contributed by atoms with E-state index in [4.69, 9.17) is 16.3 Å². The fourth-order valence-corrected chi connectivity index (χ4v) is 1.87. The minimum Gasteiger partial charge on any atom is -0.507 e. The summed E-state index contributed by atoms with van der Waals surface area (Å²) in [6.07, 6.45) is 1.27. The van der Waals surface area contributed by atoms with Crippen LogP contribution in [0.1, 0.15) is 15.9 Å². The van der Waals surface area contributed by atoms with Gasteiger partial charge >= 0.3 is 0 Å². The molecule has 0 unspecified atom stereocenters. The van der Waals surface area contributed by atoms with Crippen LogP contribution in [0.2, 0.25) is 5.02 Å². The maximum absolute atomic E-state index is 11.9. The van der Waals surface area contributed by atoms with Crippen LogP contribution in [0.15, 0.2) is 41.5 Å². The van der Waals surface area contributed by atoms with Crippen LogP contribution in [0.25, 0.3) is 0 Å². The zero-order valence-corrected chi connectivity index (χ0v) is 12.3. The first-order chi connectivity index (χ1) is 10.5. The number of ether oxygens (including phenoxy) is 1. The summed E-state index contributed by atoms with van der Waals surface area (Å²) in [4.78, 5) is 11.9. The van der Waals surface area contributed by atoms with Gasteiger partial charge in [0.25, 0.3) is 5.91 Å². The molecule has 0 fully saturated rings. The quantitative estimate of drug-likeness (QED) is 0.596. The molecule has 114 valence electrons. The van der Waals surface area contributed by atoms with Gasteiger partial charge in [-0.25, -0.2) is 5.43 Å². The highest BCUT2D eigenvalue weighted by atomic mass is 35.5. The number of amides is 1. The van der Waals surface area contributed by atoms with Gasteiger partial charge in [0, 0.05) is 16.1 Å². The second-order valence-electron chi connectivity index (χ2n) is 4.29. The molecule has 0 aliphatic carbocycles. The maximum Gasteiger partial charge on any atom is 0.271 e. The number of carbonyl (C=O) groups excluding carboxylic acids is 1. The number of benzene rings is 2. The van der Waals surface area contributed by atoms with Crippen molar-refractivity contribution in [3.05, 3.63) is 52.5 Å². The number of carbonyl (C=O) groups is 1. The summed E-state index contributed by atoms with van der Waals surface area (Å²) in [7, 11) is 1.41. The van der Waals surface area contributed by atoms with Gasteiger partial charge in [0.15, 0.2) is 11.5 Å². The number of methoxy groups -OCH3 is 1. The summed E-state index contributed by atoms with van der Waals surface area (Å²) >= 11 is 5.80. The van der Waals surface area contributed by atoms with E-state index in [1.807, 2.05) is 0 Å². The fraction of sp³-hybridized carbons (Fsp3) is 0.0667. The van der Waals surface area contributed by atoms with E-state index in [1.165, 1.54) is 49.7 Å². The molecule has 22 heavy (non-hydrogen) atoms. The number of phenols is 2. The molecule has 3 N–H and O–H groups in total. The Hall–Kier alpha value is -2.73. The standard InChI is InChI=1S/C15H13ClN2O4/c1-22-14-5-2-9(7-13(14)20)15(21)18-17-8-10-6-11(16)3-4-12(10)19/h2-8,19-20H,1H3,(H,18,21)/b17-8+. The molecule has 0 aliphatic rings. The van der Waals surface area contributed by atoms with Gasteiger partial charge in [0.1, 0.15) is 5.75 Å². The van der Waals surface area contributed by atoms with Crippen molar-refractivity contribution in [3.8, 4) is 17.2 Å². The van der Waals surface area contributed by atoms with E-state index in [9.17, 15) is 15.0 Å². The number of hydrogen-bond acceptors (Lipinski definition) is 5. The monoisotopic (exact) mass is 320 g/mol. The Bertz CT molecular complexity index is 731. The molecule has 0 bridgehead atoms. The van der Waals surface area contributed by atoms with Crippen molar-refractivity contribution < 1.29 is 19.7 Å². The van der Waals surface area contributed by atoms with Crippen molar-refractivity contribution in [3.63, 3.8) is 0 Å². The van der Waals surface area contributed by atoms with Crippen molar-refractivity contribution in [1.29, 1.82) is 0 Å². The van der Waals surface area contributed by atoms with Crippen molar-refractivity contribution in [2.45, 2.75) is 0 Å². The Morgan fingerprint density at radius 3 is 2.68 bits per heavy atom. The molecule has 2 rings (SSSR count). The van der Waals surface area contributed by atoms with E-state index in [0.717, 1.165) is 0 Å². The number of hydrogen-bond donors (Lipinski definition) is 3. The molecular weight excluding hydrogens is 308 g/mol. The molecule has 7 heteroatoms. The lowest BCUT2D eigenvalue weighted by Crippen LogP contribution is -2.17. The summed E-state index contributed by atoms with van der Waals surface area (Å²) in [5.41, 5.74) is 2.86. The van der Waals surface area contributed by atoms with Gasteiger partial charge in [0.2, 0.25) is 0 Å². The van der Waals surface area contributed by atoms with E-state index in [2.05, 4.69) is 10.5 Å². The van der Waals surface area contributed by atoms with Crippen LogP contribution in [0.4, 0.5) is 0 Å².